The molecule has 0 saturated heterocycles. The summed E-state index contributed by atoms with van der Waals surface area (Å²) in [5.74, 6) is 0. The van der Waals surface area contributed by atoms with Gasteiger partial charge in [0, 0.05) is 21.8 Å². The monoisotopic (exact) mass is 241 g/mol. The van der Waals surface area contributed by atoms with E-state index in [1.54, 1.807) is 26.0 Å². The molecule has 1 N–H and O–H groups in total. The van der Waals surface area contributed by atoms with Gasteiger partial charge in [-0.1, -0.05) is 13.0 Å². The maximum absolute atomic E-state index is 10.7. The van der Waals surface area contributed by atoms with E-state index in [-0.39, 0.29) is 15.9 Å². The Morgan fingerprint density at radius 1 is 1.44 bits per heavy atom. The number of aliphatic hydroxyl groups excluding tert-OH is 1. The predicted molar refractivity (Wildman–Crippen MR) is 64.8 cm³/mol. The fraction of sp³-hybridized carbons (Fsp3) is 0.455. The van der Waals surface area contributed by atoms with Crippen LogP contribution in [0.25, 0.3) is 0 Å². The lowest BCUT2D eigenvalue weighted by Crippen LogP contribution is -2.14. The molecule has 0 aromatic heterocycles. The topological polar surface area (TPSA) is 63.4 Å². The molecule has 0 radical (unpaired) electrons. The van der Waals surface area contributed by atoms with E-state index in [1.165, 1.54) is 11.8 Å². The van der Waals surface area contributed by atoms with Gasteiger partial charge < -0.3 is 5.11 Å². The third-order valence-electron chi connectivity index (χ3n) is 2.38. The zero-order chi connectivity index (χ0) is 12.3. The molecule has 0 amide bonds. The quantitative estimate of drug-likeness (QED) is 0.500. The fourth-order valence-corrected chi connectivity index (χ4v) is 2.12. The molecule has 0 saturated carbocycles. The maximum atomic E-state index is 10.7. The summed E-state index contributed by atoms with van der Waals surface area (Å²) in [6.45, 7) is 5.31. The van der Waals surface area contributed by atoms with Crippen molar-refractivity contribution >= 4 is 17.4 Å². The molecule has 0 fully saturated rings. The molecule has 5 heteroatoms. The van der Waals surface area contributed by atoms with E-state index in [0.29, 0.717) is 5.56 Å². The van der Waals surface area contributed by atoms with Gasteiger partial charge in [0.25, 0.3) is 5.69 Å². The van der Waals surface area contributed by atoms with Crippen LogP contribution in [0.4, 0.5) is 5.69 Å². The summed E-state index contributed by atoms with van der Waals surface area (Å²) in [5, 5.41) is 20.1. The normalized spacial score (nSPS) is 14.5. The van der Waals surface area contributed by atoms with Crippen LogP contribution in [-0.2, 0) is 0 Å². The lowest BCUT2D eigenvalue weighted by atomic mass is 10.2. The average molecular weight is 241 g/mol. The summed E-state index contributed by atoms with van der Waals surface area (Å²) in [6, 6.07) is 5.12. The number of aryl methyl sites for hydroxylation is 1. The van der Waals surface area contributed by atoms with Crippen molar-refractivity contribution < 1.29 is 10.0 Å². The Morgan fingerprint density at radius 3 is 2.56 bits per heavy atom. The predicted octanol–water partition coefficient (Wildman–Crippen LogP) is 2.76. The standard InChI is InChI=1S/C11H15NO3S/c1-7-4-5-10(6-11(7)12(14)15)16-9(3)8(2)13/h4-6,8-9,13H,1-3H3. The van der Waals surface area contributed by atoms with Gasteiger partial charge in [0.05, 0.1) is 11.0 Å². The number of aliphatic hydroxyl groups is 1. The van der Waals surface area contributed by atoms with Crippen LogP contribution in [0.1, 0.15) is 19.4 Å². The van der Waals surface area contributed by atoms with Gasteiger partial charge in [-0.2, -0.15) is 0 Å². The maximum Gasteiger partial charge on any atom is 0.273 e. The zero-order valence-electron chi connectivity index (χ0n) is 9.51. The highest BCUT2D eigenvalue weighted by molar-refractivity contribution is 8.00. The first-order valence-electron chi connectivity index (χ1n) is 5.01. The first-order chi connectivity index (χ1) is 7.41. The minimum atomic E-state index is -0.439. The summed E-state index contributed by atoms with van der Waals surface area (Å²) in [5.41, 5.74) is 0.779. The molecule has 0 aliphatic carbocycles. The number of nitro benzene ring substituents is 1. The smallest absolute Gasteiger partial charge is 0.273 e. The lowest BCUT2D eigenvalue weighted by Gasteiger charge is -2.13. The average Bonchev–Trinajstić information content (AvgIpc) is 2.20. The Kier molecular flexibility index (Phi) is 4.32. The summed E-state index contributed by atoms with van der Waals surface area (Å²) in [7, 11) is 0. The van der Waals surface area contributed by atoms with Crippen molar-refractivity contribution in [1.29, 1.82) is 0 Å². The highest BCUT2D eigenvalue weighted by atomic mass is 32.2. The summed E-state index contributed by atoms with van der Waals surface area (Å²) in [4.78, 5) is 11.2. The summed E-state index contributed by atoms with van der Waals surface area (Å²) >= 11 is 1.44. The first kappa shape index (κ1) is 13.0. The summed E-state index contributed by atoms with van der Waals surface area (Å²) in [6.07, 6.45) is -0.439. The number of nitrogens with zero attached hydrogens (tertiary/aromatic N) is 1. The second-order valence-electron chi connectivity index (χ2n) is 3.77. The van der Waals surface area contributed by atoms with Crippen LogP contribution in [0.5, 0.6) is 0 Å². The zero-order valence-corrected chi connectivity index (χ0v) is 10.3. The molecule has 2 atom stereocenters. The number of hydrogen-bond acceptors (Lipinski definition) is 4. The van der Waals surface area contributed by atoms with Crippen LogP contribution in [0.2, 0.25) is 0 Å². The van der Waals surface area contributed by atoms with Crippen LogP contribution in [0.3, 0.4) is 0 Å². The molecule has 0 aliphatic heterocycles. The van der Waals surface area contributed by atoms with Crippen LogP contribution in [0.15, 0.2) is 23.1 Å². The lowest BCUT2D eigenvalue weighted by molar-refractivity contribution is -0.385. The van der Waals surface area contributed by atoms with Crippen LogP contribution >= 0.6 is 11.8 Å². The SMILES string of the molecule is Cc1ccc(SC(C)C(C)O)cc1[N+](=O)[O-]. The van der Waals surface area contributed by atoms with Crippen LogP contribution in [0, 0.1) is 17.0 Å². The summed E-state index contributed by atoms with van der Waals surface area (Å²) < 4.78 is 0. The molecule has 0 aliphatic rings. The second-order valence-corrected chi connectivity index (χ2v) is 5.22. The second kappa shape index (κ2) is 5.32. The van der Waals surface area contributed by atoms with E-state index in [2.05, 4.69) is 0 Å². The van der Waals surface area contributed by atoms with E-state index in [9.17, 15) is 15.2 Å². The minimum Gasteiger partial charge on any atom is -0.392 e. The van der Waals surface area contributed by atoms with Crippen molar-refractivity contribution in [3.8, 4) is 0 Å². The molecule has 0 heterocycles. The Morgan fingerprint density at radius 2 is 2.06 bits per heavy atom. The van der Waals surface area contributed by atoms with Gasteiger partial charge in [0.2, 0.25) is 0 Å². The molecule has 16 heavy (non-hydrogen) atoms. The van der Waals surface area contributed by atoms with Gasteiger partial charge >= 0.3 is 0 Å². The number of rotatable bonds is 4. The van der Waals surface area contributed by atoms with Crippen molar-refractivity contribution in [3.05, 3.63) is 33.9 Å². The van der Waals surface area contributed by atoms with Gasteiger partial charge in [0.1, 0.15) is 0 Å². The number of benzene rings is 1. The Hall–Kier alpha value is -1.07. The Bertz CT molecular complexity index is 393. The van der Waals surface area contributed by atoms with Gasteiger partial charge in [-0.15, -0.1) is 11.8 Å². The van der Waals surface area contributed by atoms with Crippen LogP contribution in [-0.4, -0.2) is 21.4 Å². The molecule has 0 bridgehead atoms. The van der Waals surface area contributed by atoms with E-state index >= 15 is 0 Å². The van der Waals surface area contributed by atoms with Gasteiger partial charge in [0.15, 0.2) is 0 Å². The molecule has 4 nitrogen and oxygen atoms in total. The number of nitro groups is 1. The van der Waals surface area contributed by atoms with Crippen LogP contribution < -0.4 is 0 Å². The minimum absolute atomic E-state index is 0.0160. The van der Waals surface area contributed by atoms with E-state index in [0.717, 1.165) is 4.90 Å². The highest BCUT2D eigenvalue weighted by Crippen LogP contribution is 2.29. The molecule has 1 aromatic rings. The van der Waals surface area contributed by atoms with E-state index in [1.807, 2.05) is 13.0 Å². The Balaban J connectivity index is 2.91. The highest BCUT2D eigenvalue weighted by Gasteiger charge is 2.15. The number of thioether (sulfide) groups is 1. The molecular formula is C11H15NO3S. The fourth-order valence-electron chi connectivity index (χ4n) is 1.17. The Labute approximate surface area is 98.8 Å². The van der Waals surface area contributed by atoms with Gasteiger partial charge in [-0.3, -0.25) is 10.1 Å². The molecule has 0 spiro atoms. The van der Waals surface area contributed by atoms with Gasteiger partial charge in [-0.25, -0.2) is 0 Å². The van der Waals surface area contributed by atoms with Crippen molar-refractivity contribution in [3.63, 3.8) is 0 Å². The molecular weight excluding hydrogens is 226 g/mol. The first-order valence-corrected chi connectivity index (χ1v) is 5.89. The van der Waals surface area contributed by atoms with E-state index in [4.69, 9.17) is 0 Å². The van der Waals surface area contributed by atoms with Crippen molar-refractivity contribution in [2.75, 3.05) is 0 Å². The van der Waals surface area contributed by atoms with E-state index < -0.39 is 6.10 Å². The molecule has 1 rings (SSSR count). The number of hydrogen-bond donors (Lipinski definition) is 1. The third-order valence-corrected chi connectivity index (χ3v) is 3.67. The molecule has 2 unspecified atom stereocenters. The molecule has 88 valence electrons. The van der Waals surface area contributed by atoms with Crippen molar-refractivity contribution in [1.82, 2.24) is 0 Å². The van der Waals surface area contributed by atoms with Crippen molar-refractivity contribution in [2.45, 2.75) is 37.0 Å². The van der Waals surface area contributed by atoms with Crippen molar-refractivity contribution in [2.24, 2.45) is 0 Å². The molecule has 1 aromatic carbocycles. The third kappa shape index (κ3) is 3.21. The van der Waals surface area contributed by atoms with Gasteiger partial charge in [-0.05, 0) is 19.9 Å². The largest absolute Gasteiger partial charge is 0.392 e.